The Hall–Kier alpha value is -1.28. The maximum atomic E-state index is 3.23. The van der Waals surface area contributed by atoms with Gasteiger partial charge in [-0.1, -0.05) is 32.0 Å². The lowest BCUT2D eigenvalue weighted by Gasteiger charge is -2.07. The summed E-state index contributed by atoms with van der Waals surface area (Å²) in [7, 11) is 2.02. The van der Waals surface area contributed by atoms with E-state index in [2.05, 4.69) is 54.2 Å². The van der Waals surface area contributed by atoms with Gasteiger partial charge in [0.1, 0.15) is 0 Å². The fraction of sp³-hybridized carbons (Fsp3) is 0.529. The molecule has 0 radical (unpaired) electrons. The van der Waals surface area contributed by atoms with E-state index in [1.165, 1.54) is 29.3 Å². The highest BCUT2D eigenvalue weighted by atomic mass is 15.0. The van der Waals surface area contributed by atoms with E-state index >= 15 is 0 Å². The average molecular weight is 258 g/mol. The first-order valence-electron chi connectivity index (χ1n) is 7.43. The molecule has 19 heavy (non-hydrogen) atoms. The van der Waals surface area contributed by atoms with Crippen LogP contribution in [0.5, 0.6) is 0 Å². The van der Waals surface area contributed by atoms with Crippen molar-refractivity contribution in [3.63, 3.8) is 0 Å². The first-order valence-corrected chi connectivity index (χ1v) is 7.43. The number of hydrogen-bond acceptors (Lipinski definition) is 1. The molecular weight excluding hydrogens is 232 g/mol. The van der Waals surface area contributed by atoms with Crippen molar-refractivity contribution in [2.45, 2.75) is 39.7 Å². The Morgan fingerprint density at radius 2 is 2.00 bits per heavy atom. The van der Waals surface area contributed by atoms with Crippen molar-refractivity contribution < 1.29 is 0 Å². The van der Waals surface area contributed by atoms with Gasteiger partial charge in [0.2, 0.25) is 0 Å². The normalized spacial score (nSPS) is 11.6. The van der Waals surface area contributed by atoms with Gasteiger partial charge in [-0.2, -0.15) is 0 Å². The average Bonchev–Trinajstić information content (AvgIpc) is 2.76. The Morgan fingerprint density at radius 3 is 2.74 bits per heavy atom. The Kier molecular flexibility index (Phi) is 5.03. The summed E-state index contributed by atoms with van der Waals surface area (Å²) in [6, 6.07) is 8.80. The lowest BCUT2D eigenvalue weighted by Crippen LogP contribution is -2.08. The third-order valence-electron chi connectivity index (χ3n) is 3.69. The van der Waals surface area contributed by atoms with Crippen molar-refractivity contribution in [3.8, 4) is 0 Å². The van der Waals surface area contributed by atoms with Gasteiger partial charge in [0.05, 0.1) is 0 Å². The quantitative estimate of drug-likeness (QED) is 0.747. The second kappa shape index (κ2) is 6.76. The number of benzene rings is 1. The van der Waals surface area contributed by atoms with E-state index < -0.39 is 0 Å². The molecule has 0 aliphatic rings. The van der Waals surface area contributed by atoms with E-state index in [-0.39, 0.29) is 0 Å². The zero-order valence-corrected chi connectivity index (χ0v) is 12.4. The van der Waals surface area contributed by atoms with E-state index in [9.17, 15) is 0 Å². The predicted molar refractivity (Wildman–Crippen MR) is 83.6 cm³/mol. The third kappa shape index (κ3) is 3.60. The summed E-state index contributed by atoms with van der Waals surface area (Å²) < 4.78 is 2.43. The third-order valence-corrected chi connectivity index (χ3v) is 3.69. The first-order chi connectivity index (χ1) is 9.22. The van der Waals surface area contributed by atoms with E-state index in [0.717, 1.165) is 25.4 Å². The number of rotatable bonds is 7. The van der Waals surface area contributed by atoms with Gasteiger partial charge in [-0.25, -0.2) is 0 Å². The number of hydrogen-bond donors (Lipinski definition) is 1. The molecule has 0 atom stereocenters. The standard InChI is InChI=1S/C17H26N2/c1-14(2)10-12-19-13-15(7-6-11-18-3)16-8-4-5-9-17(16)19/h4-5,8-9,13-14,18H,6-7,10-12H2,1-3H3. The molecule has 1 aromatic carbocycles. The van der Waals surface area contributed by atoms with Gasteiger partial charge in [0.15, 0.2) is 0 Å². The highest BCUT2D eigenvalue weighted by molar-refractivity contribution is 5.83. The van der Waals surface area contributed by atoms with Gasteiger partial charge in [-0.15, -0.1) is 0 Å². The number of para-hydroxylation sites is 1. The minimum Gasteiger partial charge on any atom is -0.347 e. The topological polar surface area (TPSA) is 17.0 Å². The smallest absolute Gasteiger partial charge is 0.0483 e. The first kappa shape index (κ1) is 14.1. The van der Waals surface area contributed by atoms with E-state index in [0.29, 0.717) is 0 Å². The van der Waals surface area contributed by atoms with E-state index in [1.54, 1.807) is 0 Å². The van der Waals surface area contributed by atoms with Crippen molar-refractivity contribution in [2.24, 2.45) is 5.92 Å². The molecular formula is C17H26N2. The van der Waals surface area contributed by atoms with Gasteiger partial charge in [-0.05, 0) is 50.4 Å². The van der Waals surface area contributed by atoms with Crippen LogP contribution >= 0.6 is 0 Å². The van der Waals surface area contributed by atoms with Crippen LogP contribution in [0.4, 0.5) is 0 Å². The largest absolute Gasteiger partial charge is 0.347 e. The fourth-order valence-electron chi connectivity index (χ4n) is 2.56. The molecule has 1 heterocycles. The Morgan fingerprint density at radius 1 is 1.21 bits per heavy atom. The summed E-state index contributed by atoms with van der Waals surface area (Å²) >= 11 is 0. The Bertz CT molecular complexity index is 511. The fourth-order valence-corrected chi connectivity index (χ4v) is 2.56. The minimum absolute atomic E-state index is 0.758. The van der Waals surface area contributed by atoms with Crippen LogP contribution in [0.25, 0.3) is 10.9 Å². The molecule has 2 rings (SSSR count). The molecule has 0 fully saturated rings. The van der Waals surface area contributed by atoms with Crippen molar-refractivity contribution in [3.05, 3.63) is 36.0 Å². The van der Waals surface area contributed by atoms with E-state index in [4.69, 9.17) is 0 Å². The lowest BCUT2D eigenvalue weighted by molar-refractivity contribution is 0.524. The monoisotopic (exact) mass is 258 g/mol. The molecule has 0 saturated carbocycles. The second-order valence-electron chi connectivity index (χ2n) is 5.75. The molecule has 104 valence electrons. The molecule has 0 aliphatic carbocycles. The van der Waals surface area contributed by atoms with Crippen LogP contribution in [0.2, 0.25) is 0 Å². The van der Waals surface area contributed by atoms with Crippen LogP contribution in [-0.4, -0.2) is 18.2 Å². The summed E-state index contributed by atoms with van der Waals surface area (Å²) in [5.41, 5.74) is 2.89. The number of nitrogens with one attached hydrogen (secondary N) is 1. The summed E-state index contributed by atoms with van der Waals surface area (Å²) in [6.45, 7) is 6.80. The molecule has 1 aromatic heterocycles. The molecule has 0 aliphatic heterocycles. The minimum atomic E-state index is 0.758. The second-order valence-corrected chi connectivity index (χ2v) is 5.75. The van der Waals surface area contributed by atoms with Crippen molar-refractivity contribution >= 4 is 10.9 Å². The predicted octanol–water partition coefficient (Wildman–Crippen LogP) is 3.84. The van der Waals surface area contributed by atoms with Crippen LogP contribution in [-0.2, 0) is 13.0 Å². The van der Waals surface area contributed by atoms with Crippen molar-refractivity contribution in [1.29, 1.82) is 0 Å². The highest BCUT2D eigenvalue weighted by Crippen LogP contribution is 2.23. The molecule has 2 heteroatoms. The van der Waals surface area contributed by atoms with Crippen LogP contribution in [0.15, 0.2) is 30.5 Å². The Balaban J connectivity index is 2.21. The van der Waals surface area contributed by atoms with Gasteiger partial charge in [0, 0.05) is 23.6 Å². The summed E-state index contributed by atoms with van der Waals surface area (Å²) in [5.74, 6) is 0.758. The van der Waals surface area contributed by atoms with Crippen molar-refractivity contribution in [2.75, 3.05) is 13.6 Å². The lowest BCUT2D eigenvalue weighted by atomic mass is 10.1. The maximum Gasteiger partial charge on any atom is 0.0483 e. The molecule has 0 spiro atoms. The molecule has 0 amide bonds. The number of aryl methyl sites for hydroxylation is 2. The van der Waals surface area contributed by atoms with Gasteiger partial charge in [-0.3, -0.25) is 0 Å². The number of nitrogens with zero attached hydrogens (tertiary/aromatic N) is 1. The molecule has 1 N–H and O–H groups in total. The van der Waals surface area contributed by atoms with Crippen LogP contribution in [0, 0.1) is 5.92 Å². The maximum absolute atomic E-state index is 3.23. The van der Waals surface area contributed by atoms with Crippen LogP contribution in [0.1, 0.15) is 32.3 Å². The number of aromatic nitrogens is 1. The molecule has 0 bridgehead atoms. The van der Waals surface area contributed by atoms with Crippen LogP contribution < -0.4 is 5.32 Å². The van der Waals surface area contributed by atoms with Gasteiger partial charge >= 0.3 is 0 Å². The molecule has 0 saturated heterocycles. The molecule has 2 nitrogen and oxygen atoms in total. The van der Waals surface area contributed by atoms with Gasteiger partial charge in [0.25, 0.3) is 0 Å². The molecule has 0 unspecified atom stereocenters. The zero-order valence-electron chi connectivity index (χ0n) is 12.4. The van der Waals surface area contributed by atoms with Crippen molar-refractivity contribution in [1.82, 2.24) is 9.88 Å². The van der Waals surface area contributed by atoms with E-state index in [1.807, 2.05) is 7.05 Å². The summed E-state index contributed by atoms with van der Waals surface area (Å²) in [6.07, 6.45) is 5.97. The number of fused-ring (bicyclic) bond motifs is 1. The highest BCUT2D eigenvalue weighted by Gasteiger charge is 2.08. The Labute approximate surface area is 116 Å². The summed E-state index contributed by atoms with van der Waals surface area (Å²) in [5, 5.41) is 4.66. The SMILES string of the molecule is CNCCCc1cn(CCC(C)C)c2ccccc12. The van der Waals surface area contributed by atoms with Crippen LogP contribution in [0.3, 0.4) is 0 Å². The summed E-state index contributed by atoms with van der Waals surface area (Å²) in [4.78, 5) is 0. The zero-order chi connectivity index (χ0) is 13.7. The molecule has 2 aromatic rings. The van der Waals surface area contributed by atoms with Gasteiger partial charge < -0.3 is 9.88 Å².